The molecule has 1 N–H and O–H groups in total. The van der Waals surface area contributed by atoms with E-state index in [9.17, 15) is 17.6 Å². The van der Waals surface area contributed by atoms with Crippen molar-refractivity contribution in [2.45, 2.75) is 18.4 Å². The second kappa shape index (κ2) is 8.13. The summed E-state index contributed by atoms with van der Waals surface area (Å²) in [6.45, 7) is 1.74. The molecule has 0 bridgehead atoms. The maximum atomic E-state index is 13.6. The molecule has 0 aromatic heterocycles. The summed E-state index contributed by atoms with van der Waals surface area (Å²) >= 11 is 5.96. The van der Waals surface area contributed by atoms with Crippen molar-refractivity contribution < 1.29 is 22.4 Å². The molecule has 0 atom stereocenters. The summed E-state index contributed by atoms with van der Waals surface area (Å²) < 4.78 is 38.9. The van der Waals surface area contributed by atoms with Gasteiger partial charge < -0.3 is 5.32 Å². The van der Waals surface area contributed by atoms with E-state index in [4.69, 9.17) is 16.4 Å². The molecule has 0 aliphatic rings. The molecule has 140 valence electrons. The van der Waals surface area contributed by atoms with Crippen LogP contribution >= 0.6 is 11.6 Å². The molecule has 26 heavy (non-hydrogen) atoms. The van der Waals surface area contributed by atoms with Gasteiger partial charge in [0.25, 0.3) is 15.9 Å². The summed E-state index contributed by atoms with van der Waals surface area (Å²) in [6, 6.07) is 8.53. The minimum Gasteiger partial charge on any atom is -0.348 e. The van der Waals surface area contributed by atoms with Gasteiger partial charge in [-0.05, 0) is 42.3 Å². The Morgan fingerprint density at radius 2 is 1.96 bits per heavy atom. The Hall–Kier alpha value is -2.00. The van der Waals surface area contributed by atoms with Crippen molar-refractivity contribution in [1.82, 2.24) is 9.79 Å². The van der Waals surface area contributed by atoms with Crippen molar-refractivity contribution in [2.24, 2.45) is 0 Å². The number of nitrogens with one attached hydrogen (secondary N) is 1. The van der Waals surface area contributed by atoms with Crippen LogP contribution in [0.4, 0.5) is 4.39 Å². The van der Waals surface area contributed by atoms with Crippen LogP contribution < -0.4 is 5.32 Å². The number of hydrogen-bond acceptors (Lipinski definition) is 4. The average Bonchev–Trinajstić information content (AvgIpc) is 2.61. The van der Waals surface area contributed by atoms with E-state index in [1.807, 2.05) is 0 Å². The van der Waals surface area contributed by atoms with Crippen molar-refractivity contribution in [3.63, 3.8) is 0 Å². The number of carbonyl (C=O) groups is 1. The van der Waals surface area contributed by atoms with E-state index in [2.05, 4.69) is 5.32 Å². The van der Waals surface area contributed by atoms with Gasteiger partial charge in [0.2, 0.25) is 0 Å². The molecule has 2 rings (SSSR count). The second-order valence-corrected chi connectivity index (χ2v) is 7.82. The highest BCUT2D eigenvalue weighted by Gasteiger charge is 2.25. The summed E-state index contributed by atoms with van der Waals surface area (Å²) in [4.78, 5) is 16.8. The molecule has 0 unspecified atom stereocenters. The molecule has 2 aromatic rings. The maximum absolute atomic E-state index is 13.6. The van der Waals surface area contributed by atoms with Crippen LogP contribution in [-0.4, -0.2) is 33.0 Å². The highest BCUT2D eigenvalue weighted by Crippen LogP contribution is 2.25. The van der Waals surface area contributed by atoms with Crippen LogP contribution in [0.25, 0.3) is 0 Å². The number of benzene rings is 2. The lowest BCUT2D eigenvalue weighted by Crippen LogP contribution is -2.27. The third-order valence-corrected chi connectivity index (χ3v) is 5.92. The SMILES string of the molecule is CON(C)S(=O)(=O)c1cc(C(=O)NCc2ccc(C)c(F)c2)ccc1Cl. The molecule has 0 aliphatic carbocycles. The molecule has 1 amide bonds. The summed E-state index contributed by atoms with van der Waals surface area (Å²) in [7, 11) is -1.59. The minimum absolute atomic E-state index is 0.0361. The first-order chi connectivity index (χ1) is 12.2. The molecule has 0 aliphatic heterocycles. The van der Waals surface area contributed by atoms with Crippen LogP contribution in [0.3, 0.4) is 0 Å². The standard InChI is InChI=1S/C17H18ClFN2O4S/c1-11-4-5-12(8-15(11)19)10-20-17(22)13-6-7-14(18)16(9-13)26(23,24)21(2)25-3/h4-9H,10H2,1-3H3,(H,20,22). The largest absolute Gasteiger partial charge is 0.348 e. The first-order valence-electron chi connectivity index (χ1n) is 7.52. The Balaban J connectivity index is 2.22. The highest BCUT2D eigenvalue weighted by molar-refractivity contribution is 7.89. The van der Waals surface area contributed by atoms with Gasteiger partial charge in [0.05, 0.1) is 12.1 Å². The molecule has 0 radical (unpaired) electrons. The number of nitrogens with zero attached hydrogens (tertiary/aromatic N) is 1. The molecular weight excluding hydrogens is 383 g/mol. The summed E-state index contributed by atoms with van der Waals surface area (Å²) in [5.74, 6) is -0.876. The van der Waals surface area contributed by atoms with Crippen LogP contribution in [0.1, 0.15) is 21.5 Å². The summed E-state index contributed by atoms with van der Waals surface area (Å²) in [5, 5.41) is 2.58. The first kappa shape index (κ1) is 20.3. The smallest absolute Gasteiger partial charge is 0.266 e. The Labute approximate surface area is 156 Å². The number of hydrogen-bond donors (Lipinski definition) is 1. The molecule has 0 fully saturated rings. The van der Waals surface area contributed by atoms with Gasteiger partial charge in [-0.15, -0.1) is 0 Å². The van der Waals surface area contributed by atoms with Crippen LogP contribution in [0, 0.1) is 12.7 Å². The predicted octanol–water partition coefficient (Wildman–Crippen LogP) is 2.90. The van der Waals surface area contributed by atoms with E-state index in [0.29, 0.717) is 15.6 Å². The lowest BCUT2D eigenvalue weighted by molar-refractivity contribution is -0.0258. The molecule has 0 saturated heterocycles. The third kappa shape index (κ3) is 4.39. The number of amides is 1. The van der Waals surface area contributed by atoms with Crippen molar-refractivity contribution in [3.05, 3.63) is 63.9 Å². The van der Waals surface area contributed by atoms with E-state index < -0.39 is 15.9 Å². The van der Waals surface area contributed by atoms with Crippen LogP contribution in [0.5, 0.6) is 0 Å². The van der Waals surface area contributed by atoms with Crippen molar-refractivity contribution in [2.75, 3.05) is 14.2 Å². The second-order valence-electron chi connectivity index (χ2n) is 5.51. The first-order valence-corrected chi connectivity index (χ1v) is 9.34. The van der Waals surface area contributed by atoms with Crippen LogP contribution in [0.15, 0.2) is 41.3 Å². The topological polar surface area (TPSA) is 75.7 Å². The van der Waals surface area contributed by atoms with E-state index in [0.717, 1.165) is 6.07 Å². The molecule has 0 heterocycles. The molecular formula is C17H18ClFN2O4S. The van der Waals surface area contributed by atoms with Crippen molar-refractivity contribution in [1.29, 1.82) is 0 Å². The number of carbonyl (C=O) groups excluding carboxylic acids is 1. The van der Waals surface area contributed by atoms with Crippen LogP contribution in [-0.2, 0) is 21.4 Å². The zero-order chi connectivity index (χ0) is 19.5. The lowest BCUT2D eigenvalue weighted by Gasteiger charge is -2.16. The molecule has 0 saturated carbocycles. The normalized spacial score (nSPS) is 11.6. The van der Waals surface area contributed by atoms with Gasteiger partial charge in [0, 0.05) is 19.2 Å². The molecule has 2 aromatic carbocycles. The fourth-order valence-electron chi connectivity index (χ4n) is 2.11. The molecule has 9 heteroatoms. The lowest BCUT2D eigenvalue weighted by atomic mass is 10.1. The Morgan fingerprint density at radius 3 is 2.58 bits per heavy atom. The number of halogens is 2. The number of aryl methyl sites for hydroxylation is 1. The average molecular weight is 401 g/mol. The van der Waals surface area contributed by atoms with Gasteiger partial charge in [-0.25, -0.2) is 12.8 Å². The van der Waals surface area contributed by atoms with Crippen LogP contribution in [0.2, 0.25) is 5.02 Å². The monoisotopic (exact) mass is 400 g/mol. The fraction of sp³-hybridized carbons (Fsp3) is 0.235. The number of hydroxylamine groups is 1. The minimum atomic E-state index is -4.00. The number of sulfonamides is 1. The van der Waals surface area contributed by atoms with Crippen molar-refractivity contribution >= 4 is 27.5 Å². The maximum Gasteiger partial charge on any atom is 0.266 e. The third-order valence-electron chi connectivity index (χ3n) is 3.76. The summed E-state index contributed by atoms with van der Waals surface area (Å²) in [6.07, 6.45) is 0. The Morgan fingerprint density at radius 1 is 1.27 bits per heavy atom. The van der Waals surface area contributed by atoms with E-state index >= 15 is 0 Å². The predicted molar refractivity (Wildman–Crippen MR) is 95.7 cm³/mol. The summed E-state index contributed by atoms with van der Waals surface area (Å²) in [5.41, 5.74) is 1.20. The van der Waals surface area contributed by atoms with Gasteiger partial charge in [-0.3, -0.25) is 9.63 Å². The molecule has 6 nitrogen and oxygen atoms in total. The van der Waals surface area contributed by atoms with Gasteiger partial charge in [0.1, 0.15) is 10.7 Å². The fourth-order valence-corrected chi connectivity index (χ4v) is 3.58. The highest BCUT2D eigenvalue weighted by atomic mass is 35.5. The van der Waals surface area contributed by atoms with Gasteiger partial charge in [0.15, 0.2) is 0 Å². The quantitative estimate of drug-likeness (QED) is 0.756. The van der Waals surface area contributed by atoms with Crippen molar-refractivity contribution in [3.8, 4) is 0 Å². The van der Waals surface area contributed by atoms with Gasteiger partial charge in [-0.2, -0.15) is 0 Å². The van der Waals surface area contributed by atoms with Gasteiger partial charge >= 0.3 is 0 Å². The van der Waals surface area contributed by atoms with E-state index in [-0.39, 0.29) is 27.8 Å². The van der Waals surface area contributed by atoms with Gasteiger partial charge in [-0.1, -0.05) is 28.2 Å². The van der Waals surface area contributed by atoms with E-state index in [1.165, 1.54) is 32.4 Å². The zero-order valence-corrected chi connectivity index (χ0v) is 16.0. The van der Waals surface area contributed by atoms with E-state index in [1.54, 1.807) is 19.1 Å². The molecule has 0 spiro atoms. The zero-order valence-electron chi connectivity index (χ0n) is 14.4. The Kier molecular flexibility index (Phi) is 6.35. The number of rotatable bonds is 6. The Bertz CT molecular complexity index is 934.